The topological polar surface area (TPSA) is 216 Å². The van der Waals surface area contributed by atoms with Gasteiger partial charge in [0, 0.05) is 57.8 Å². The van der Waals surface area contributed by atoms with Crippen LogP contribution in [-0.2, 0) is 79.8 Å². The molecule has 17 nitrogen and oxygen atoms in total. The van der Waals surface area contributed by atoms with Gasteiger partial charge in [0.15, 0.2) is 5.75 Å². The number of ether oxygens (including phenoxy) is 3. The summed E-state index contributed by atoms with van der Waals surface area (Å²) < 4.78 is 99.8. The molecule has 2 aromatic carbocycles. The van der Waals surface area contributed by atoms with Gasteiger partial charge in [-0.05, 0) is 80.3 Å². The number of aliphatic hydroxyl groups excluding tert-OH is 1. The Labute approximate surface area is 426 Å². The fraction of sp³-hybridized carbons (Fsp3) is 0.429. The quantitative estimate of drug-likeness (QED) is 0.0358. The molecular formula is C49H56F6N6O11Zn. The number of aromatic nitrogens is 6. The molecule has 0 radical (unpaired) electrons. The van der Waals surface area contributed by atoms with Gasteiger partial charge >= 0.3 is 23.7 Å². The van der Waals surface area contributed by atoms with Gasteiger partial charge in [0.2, 0.25) is 0 Å². The summed E-state index contributed by atoms with van der Waals surface area (Å²) in [7, 11) is 2.96. The molecular weight excluding hydrogens is 1030 g/mol. The maximum Gasteiger partial charge on any atom is 0.416 e. The molecule has 4 heterocycles. The van der Waals surface area contributed by atoms with Crippen molar-refractivity contribution in [1.82, 2.24) is 28.2 Å². The molecule has 392 valence electrons. The van der Waals surface area contributed by atoms with Crippen molar-refractivity contribution in [2.75, 3.05) is 6.61 Å². The van der Waals surface area contributed by atoms with Crippen molar-refractivity contribution in [2.45, 2.75) is 105 Å². The predicted octanol–water partition coefficient (Wildman–Crippen LogP) is 8.54. The maximum absolute atomic E-state index is 13.4. The van der Waals surface area contributed by atoms with E-state index in [0.717, 1.165) is 39.8 Å². The Bertz CT molecular complexity index is 3100. The monoisotopic (exact) mass is 1080 g/mol. The molecule has 1 atom stereocenters. The van der Waals surface area contributed by atoms with Gasteiger partial charge in [0.1, 0.15) is 28.5 Å². The van der Waals surface area contributed by atoms with E-state index in [9.17, 15) is 55.4 Å². The molecule has 0 bridgehead atoms. The number of unbranched alkanes of at least 4 members (excludes halogenated alkanes) is 1. The molecule has 24 heteroatoms. The molecule has 0 saturated carbocycles. The number of aryl methyl sites for hydroxylation is 3. The van der Waals surface area contributed by atoms with Gasteiger partial charge in [-0.2, -0.15) is 26.3 Å². The molecule has 73 heavy (non-hydrogen) atoms. The van der Waals surface area contributed by atoms with Crippen LogP contribution in [0.25, 0.3) is 22.1 Å². The minimum absolute atomic E-state index is 0. The van der Waals surface area contributed by atoms with Crippen LogP contribution in [0, 0.1) is 11.8 Å². The van der Waals surface area contributed by atoms with E-state index in [0.29, 0.717) is 24.8 Å². The minimum atomic E-state index is -4.56. The van der Waals surface area contributed by atoms with Crippen LogP contribution in [0.4, 0.5) is 26.3 Å². The van der Waals surface area contributed by atoms with E-state index in [1.165, 1.54) is 59.9 Å². The number of aliphatic hydroxyl groups is 1. The molecule has 0 spiro atoms. The van der Waals surface area contributed by atoms with Crippen LogP contribution >= 0.6 is 0 Å². The largest absolute Gasteiger partial charge is 0.483 e. The second-order valence-corrected chi connectivity index (χ2v) is 17.2. The van der Waals surface area contributed by atoms with Gasteiger partial charge in [-0.1, -0.05) is 53.2 Å². The zero-order valence-electron chi connectivity index (χ0n) is 41.3. The first kappa shape index (κ1) is 60.6. The summed E-state index contributed by atoms with van der Waals surface area (Å²) in [4.78, 5) is 79.5. The first-order valence-electron chi connectivity index (χ1n) is 22.7. The van der Waals surface area contributed by atoms with Crippen molar-refractivity contribution in [1.29, 1.82) is 0 Å². The van der Waals surface area contributed by atoms with E-state index in [-0.39, 0.29) is 127 Å². The summed E-state index contributed by atoms with van der Waals surface area (Å²) in [5.74, 6) is 0.221. The molecule has 0 aliphatic rings. The number of rotatable bonds is 18. The Morgan fingerprint density at radius 3 is 1.64 bits per heavy atom. The SMILES string of the molecule is CC(C)CCc1c(Oc2cccc(C(F)(F)F)c2)cnc2c1c(=O)n(CCCOC=O)c(=O)n2C.CCCCn1c(=O)c2c(C(O)CC(C)C)c(Oc3cccc(C(F)(F)F)c3)cnc2n(C)c1=O.O=CO.[Zn]. The van der Waals surface area contributed by atoms with Gasteiger partial charge in [-0.15, -0.1) is 0 Å². The summed E-state index contributed by atoms with van der Waals surface area (Å²) in [5.41, 5.74) is -3.31. The van der Waals surface area contributed by atoms with Gasteiger partial charge in [-0.3, -0.25) is 37.4 Å². The third-order valence-corrected chi connectivity index (χ3v) is 11.0. The van der Waals surface area contributed by atoms with E-state index in [4.69, 9.17) is 19.4 Å². The summed E-state index contributed by atoms with van der Waals surface area (Å²) in [6.07, 6.45) is -4.84. The van der Waals surface area contributed by atoms with E-state index in [1.807, 2.05) is 34.6 Å². The third-order valence-electron chi connectivity index (χ3n) is 11.0. The number of nitrogens with zero attached hydrogens (tertiary/aromatic N) is 6. The molecule has 6 rings (SSSR count). The van der Waals surface area contributed by atoms with Crippen molar-refractivity contribution in [3.05, 3.63) is 125 Å². The first-order chi connectivity index (χ1) is 33.9. The van der Waals surface area contributed by atoms with Crippen LogP contribution < -0.4 is 32.0 Å². The van der Waals surface area contributed by atoms with Crippen molar-refractivity contribution >= 4 is 35.0 Å². The molecule has 0 aliphatic carbocycles. The van der Waals surface area contributed by atoms with E-state index >= 15 is 0 Å². The molecule has 0 amide bonds. The Balaban J connectivity index is 0.000000361. The minimum Gasteiger partial charge on any atom is -0.483 e. The molecule has 0 saturated heterocycles. The van der Waals surface area contributed by atoms with Crippen LogP contribution in [0.2, 0.25) is 0 Å². The molecule has 4 aromatic heterocycles. The standard InChI is InChI=1S/C24H26F3N3O5.C24H28F3N3O4.CH2O2.Zn/c1-15(2)8-9-18-19(35-17-7-4-6-16(12-17)24(25,26)27)13-28-21-20(18)22(32)30(23(33)29(21)3)10-5-11-34-14-31;1-5-6-10-30-22(32)20-19(17(31)11-14(2)3)18(13-28-21(20)29(4)23(30)33)34-16-9-7-8-15(12-16)24(25,26)27;2-1-3;/h4,6-7,12-15H,5,8-11H2,1-3H3;7-9,12-14,17,31H,5-6,10-11H2,1-4H3;1H,(H,2,3);. The second kappa shape index (κ2) is 26.9. The summed E-state index contributed by atoms with van der Waals surface area (Å²) in [6, 6.07) is 8.74. The van der Waals surface area contributed by atoms with Crippen LogP contribution in [0.3, 0.4) is 0 Å². The number of fused-ring (bicyclic) bond motifs is 2. The summed E-state index contributed by atoms with van der Waals surface area (Å²) >= 11 is 0. The van der Waals surface area contributed by atoms with E-state index in [2.05, 4.69) is 14.7 Å². The maximum atomic E-state index is 13.4. The van der Waals surface area contributed by atoms with E-state index in [1.54, 1.807) is 0 Å². The Morgan fingerprint density at radius 1 is 0.712 bits per heavy atom. The average molecular weight is 1080 g/mol. The second-order valence-electron chi connectivity index (χ2n) is 17.2. The molecule has 0 fully saturated rings. The number of alkyl halides is 6. The number of halogens is 6. The third kappa shape index (κ3) is 15.4. The summed E-state index contributed by atoms with van der Waals surface area (Å²) in [5, 5.41) is 18.1. The van der Waals surface area contributed by atoms with Crippen molar-refractivity contribution in [2.24, 2.45) is 25.9 Å². The fourth-order valence-electron chi connectivity index (χ4n) is 7.49. The van der Waals surface area contributed by atoms with Crippen LogP contribution in [-0.4, -0.2) is 58.0 Å². The van der Waals surface area contributed by atoms with Crippen molar-refractivity contribution in [3.63, 3.8) is 0 Å². The van der Waals surface area contributed by atoms with Gasteiger partial charge < -0.3 is 24.4 Å². The van der Waals surface area contributed by atoms with Gasteiger partial charge in [-0.25, -0.2) is 19.6 Å². The van der Waals surface area contributed by atoms with Crippen molar-refractivity contribution in [3.8, 4) is 23.0 Å². The Morgan fingerprint density at radius 2 is 1.18 bits per heavy atom. The van der Waals surface area contributed by atoms with Crippen molar-refractivity contribution < 1.29 is 79.8 Å². The number of carbonyl (C=O) groups is 2. The number of hydrogen-bond acceptors (Lipinski definition) is 12. The number of benzene rings is 2. The molecule has 0 aliphatic heterocycles. The molecule has 1 unspecified atom stereocenters. The number of carboxylic acid groups (broad SMARTS) is 1. The number of pyridine rings is 2. The smallest absolute Gasteiger partial charge is 0.416 e. The van der Waals surface area contributed by atoms with Crippen LogP contribution in [0.1, 0.15) is 95.1 Å². The molecule has 2 N–H and O–H groups in total. The average Bonchev–Trinajstić information content (AvgIpc) is 3.31. The number of carbonyl (C=O) groups excluding carboxylic acids is 1. The van der Waals surface area contributed by atoms with Crippen LogP contribution in [0.15, 0.2) is 80.1 Å². The summed E-state index contributed by atoms with van der Waals surface area (Å²) in [6.45, 7) is 9.96. The fourth-order valence-corrected chi connectivity index (χ4v) is 7.49. The molecule has 6 aromatic rings. The van der Waals surface area contributed by atoms with Gasteiger partial charge in [0.25, 0.3) is 24.1 Å². The first-order valence-corrected chi connectivity index (χ1v) is 22.7. The Hall–Kier alpha value is -6.68. The zero-order chi connectivity index (χ0) is 53.7. The zero-order valence-corrected chi connectivity index (χ0v) is 44.2. The Kier molecular flexibility index (Phi) is 22.3. The van der Waals surface area contributed by atoms with Gasteiger partial charge in [0.05, 0.1) is 47.0 Å². The normalized spacial score (nSPS) is 11.8. The van der Waals surface area contributed by atoms with Crippen LogP contribution in [0.5, 0.6) is 23.0 Å². The predicted molar refractivity (Wildman–Crippen MR) is 253 cm³/mol. The number of hydrogen-bond donors (Lipinski definition) is 2. The van der Waals surface area contributed by atoms with E-state index < -0.39 is 52.1 Å².